The molecule has 1 saturated heterocycles. The highest BCUT2D eigenvalue weighted by Crippen LogP contribution is 2.36. The number of nitrogens with zero attached hydrogens (tertiary/aromatic N) is 1. The highest BCUT2D eigenvalue weighted by atomic mass is 79.9. The van der Waals surface area contributed by atoms with E-state index in [1.165, 1.54) is 16.9 Å². The summed E-state index contributed by atoms with van der Waals surface area (Å²) in [6.07, 6.45) is 3.46. The standard InChI is InChI=1S/C20H19BrN2O2S2/c21-15-4-1-3-14(11-15)20(6-8-25-9-7-20)13-23-18(24)17-12-22-19(27-17)16-5-2-10-26-16/h1-5,10-12H,6-9,13H2,(H,23,24). The molecular weight excluding hydrogens is 444 g/mol. The van der Waals surface area contributed by atoms with Crippen molar-refractivity contribution in [1.82, 2.24) is 10.3 Å². The van der Waals surface area contributed by atoms with E-state index in [1.54, 1.807) is 17.5 Å². The Morgan fingerprint density at radius 1 is 1.26 bits per heavy atom. The van der Waals surface area contributed by atoms with Gasteiger partial charge >= 0.3 is 0 Å². The number of benzene rings is 1. The lowest BCUT2D eigenvalue weighted by Crippen LogP contribution is -2.44. The first-order valence-electron chi connectivity index (χ1n) is 8.78. The summed E-state index contributed by atoms with van der Waals surface area (Å²) in [6, 6.07) is 12.4. The molecule has 0 saturated carbocycles. The Morgan fingerprint density at radius 2 is 2.11 bits per heavy atom. The molecule has 1 fully saturated rings. The lowest BCUT2D eigenvalue weighted by Gasteiger charge is -2.38. The first kappa shape index (κ1) is 18.8. The molecule has 3 aromatic rings. The van der Waals surface area contributed by atoms with Crippen molar-refractivity contribution in [3.63, 3.8) is 0 Å². The van der Waals surface area contributed by atoms with E-state index in [0.717, 1.165) is 27.2 Å². The molecule has 1 aliphatic rings. The fourth-order valence-corrected chi connectivity index (χ4v) is 5.41. The zero-order valence-corrected chi connectivity index (χ0v) is 17.8. The van der Waals surface area contributed by atoms with Crippen LogP contribution in [0.3, 0.4) is 0 Å². The van der Waals surface area contributed by atoms with E-state index in [9.17, 15) is 4.79 Å². The van der Waals surface area contributed by atoms with Crippen LogP contribution in [0.2, 0.25) is 0 Å². The van der Waals surface area contributed by atoms with Crippen molar-refractivity contribution >= 4 is 44.5 Å². The predicted molar refractivity (Wildman–Crippen MR) is 114 cm³/mol. The number of hydrogen-bond acceptors (Lipinski definition) is 5. The molecule has 1 N–H and O–H groups in total. The molecule has 0 spiro atoms. The number of thiazole rings is 1. The molecule has 3 heterocycles. The average molecular weight is 463 g/mol. The van der Waals surface area contributed by atoms with Crippen molar-refractivity contribution < 1.29 is 9.53 Å². The Labute approximate surface area is 174 Å². The summed E-state index contributed by atoms with van der Waals surface area (Å²) < 4.78 is 6.64. The molecule has 4 nitrogen and oxygen atoms in total. The van der Waals surface area contributed by atoms with Crippen molar-refractivity contribution in [1.29, 1.82) is 0 Å². The number of halogens is 1. The van der Waals surface area contributed by atoms with E-state index in [0.29, 0.717) is 24.6 Å². The van der Waals surface area contributed by atoms with Crippen LogP contribution in [-0.4, -0.2) is 30.6 Å². The molecule has 1 amide bonds. The number of aromatic nitrogens is 1. The average Bonchev–Trinajstić information content (AvgIpc) is 3.38. The Balaban J connectivity index is 1.50. The van der Waals surface area contributed by atoms with Crippen LogP contribution in [-0.2, 0) is 10.2 Å². The third-order valence-electron chi connectivity index (χ3n) is 4.94. The molecule has 0 bridgehead atoms. The van der Waals surface area contributed by atoms with Crippen LogP contribution < -0.4 is 5.32 Å². The van der Waals surface area contributed by atoms with E-state index in [2.05, 4.69) is 44.4 Å². The molecule has 1 aliphatic heterocycles. The van der Waals surface area contributed by atoms with Gasteiger partial charge in [0.05, 0.1) is 11.1 Å². The fourth-order valence-electron chi connectivity index (χ4n) is 3.38. The Morgan fingerprint density at radius 3 is 2.85 bits per heavy atom. The second kappa shape index (κ2) is 8.22. The summed E-state index contributed by atoms with van der Waals surface area (Å²) in [5, 5.41) is 6.06. The van der Waals surface area contributed by atoms with Gasteiger partial charge in [0.1, 0.15) is 9.88 Å². The van der Waals surface area contributed by atoms with Gasteiger partial charge in [-0.1, -0.05) is 34.1 Å². The Kier molecular flexibility index (Phi) is 5.73. The third kappa shape index (κ3) is 4.16. The van der Waals surface area contributed by atoms with Crippen molar-refractivity contribution in [2.24, 2.45) is 0 Å². The SMILES string of the molecule is O=C(NCC1(c2cccc(Br)c2)CCOCC1)c1cnc(-c2cccs2)s1. The maximum absolute atomic E-state index is 12.7. The van der Waals surface area contributed by atoms with Gasteiger partial charge in [-0.25, -0.2) is 4.98 Å². The number of carbonyl (C=O) groups is 1. The Bertz CT molecular complexity index is 918. The Hall–Kier alpha value is -1.54. The number of amides is 1. The third-order valence-corrected chi connectivity index (χ3v) is 7.46. The van der Waals surface area contributed by atoms with Crippen LogP contribution >= 0.6 is 38.6 Å². The fraction of sp³-hybridized carbons (Fsp3) is 0.300. The van der Waals surface area contributed by atoms with Gasteiger partial charge in [0.25, 0.3) is 5.91 Å². The highest BCUT2D eigenvalue weighted by Gasteiger charge is 2.35. The number of hydrogen-bond donors (Lipinski definition) is 1. The number of rotatable bonds is 5. The molecule has 140 valence electrons. The largest absolute Gasteiger partial charge is 0.381 e. The lowest BCUT2D eigenvalue weighted by atomic mass is 9.74. The number of ether oxygens (including phenoxy) is 1. The molecule has 27 heavy (non-hydrogen) atoms. The van der Waals surface area contributed by atoms with Crippen molar-refractivity contribution in [3.8, 4) is 9.88 Å². The maximum atomic E-state index is 12.7. The van der Waals surface area contributed by atoms with E-state index < -0.39 is 0 Å². The van der Waals surface area contributed by atoms with Crippen LogP contribution in [0, 0.1) is 0 Å². The lowest BCUT2D eigenvalue weighted by molar-refractivity contribution is 0.0487. The number of nitrogens with one attached hydrogen (secondary N) is 1. The first-order chi connectivity index (χ1) is 13.2. The zero-order chi connectivity index (χ0) is 18.7. The van der Waals surface area contributed by atoms with Gasteiger partial charge in [-0.3, -0.25) is 4.79 Å². The maximum Gasteiger partial charge on any atom is 0.263 e. The molecule has 4 rings (SSSR count). The minimum Gasteiger partial charge on any atom is -0.381 e. The molecule has 7 heteroatoms. The van der Waals surface area contributed by atoms with Crippen LogP contribution in [0.1, 0.15) is 28.1 Å². The zero-order valence-electron chi connectivity index (χ0n) is 14.6. The van der Waals surface area contributed by atoms with Crippen LogP contribution in [0.5, 0.6) is 0 Å². The summed E-state index contributed by atoms with van der Waals surface area (Å²) >= 11 is 6.64. The highest BCUT2D eigenvalue weighted by molar-refractivity contribution is 9.10. The van der Waals surface area contributed by atoms with E-state index in [1.807, 2.05) is 23.6 Å². The molecule has 0 radical (unpaired) electrons. The summed E-state index contributed by atoms with van der Waals surface area (Å²) in [5.41, 5.74) is 1.14. The van der Waals surface area contributed by atoms with Gasteiger partial charge in [-0.2, -0.15) is 0 Å². The molecule has 0 unspecified atom stereocenters. The summed E-state index contributed by atoms with van der Waals surface area (Å²) in [7, 11) is 0. The van der Waals surface area contributed by atoms with Crippen LogP contribution in [0.4, 0.5) is 0 Å². The molecule has 0 atom stereocenters. The van der Waals surface area contributed by atoms with Gasteiger partial charge < -0.3 is 10.1 Å². The number of thiophene rings is 1. The van der Waals surface area contributed by atoms with E-state index in [-0.39, 0.29) is 11.3 Å². The second-order valence-electron chi connectivity index (χ2n) is 6.59. The minimum absolute atomic E-state index is 0.0591. The first-order valence-corrected chi connectivity index (χ1v) is 11.3. The normalized spacial score (nSPS) is 16.2. The van der Waals surface area contributed by atoms with Crippen molar-refractivity contribution in [2.75, 3.05) is 19.8 Å². The second-order valence-corrected chi connectivity index (χ2v) is 9.49. The van der Waals surface area contributed by atoms with Crippen LogP contribution in [0.25, 0.3) is 9.88 Å². The van der Waals surface area contributed by atoms with Crippen molar-refractivity contribution in [3.05, 3.63) is 62.9 Å². The summed E-state index contributed by atoms with van der Waals surface area (Å²) in [6.45, 7) is 2.02. The van der Waals surface area contributed by atoms with Crippen LogP contribution in [0.15, 0.2) is 52.4 Å². The monoisotopic (exact) mass is 462 g/mol. The topological polar surface area (TPSA) is 51.2 Å². The minimum atomic E-state index is -0.0983. The van der Waals surface area contributed by atoms with Gasteiger partial charge in [-0.05, 0) is 42.0 Å². The molecular formula is C20H19BrN2O2S2. The molecule has 2 aromatic heterocycles. The van der Waals surface area contributed by atoms with Gasteiger partial charge in [0, 0.05) is 29.6 Å². The van der Waals surface area contributed by atoms with Crippen molar-refractivity contribution in [2.45, 2.75) is 18.3 Å². The number of carbonyl (C=O) groups excluding carboxylic acids is 1. The smallest absolute Gasteiger partial charge is 0.263 e. The van der Waals surface area contributed by atoms with Gasteiger partial charge in [-0.15, -0.1) is 22.7 Å². The van der Waals surface area contributed by atoms with Gasteiger partial charge in [0.15, 0.2) is 0 Å². The van der Waals surface area contributed by atoms with Gasteiger partial charge in [0.2, 0.25) is 0 Å². The summed E-state index contributed by atoms with van der Waals surface area (Å²) in [4.78, 5) is 18.9. The molecule has 0 aliphatic carbocycles. The molecule has 1 aromatic carbocycles. The van der Waals surface area contributed by atoms with E-state index >= 15 is 0 Å². The quantitative estimate of drug-likeness (QED) is 0.572. The predicted octanol–water partition coefficient (Wildman–Crippen LogP) is 5.11. The van der Waals surface area contributed by atoms with E-state index in [4.69, 9.17) is 4.74 Å². The summed E-state index contributed by atoms with van der Waals surface area (Å²) in [5.74, 6) is -0.0591.